The first-order chi connectivity index (χ1) is 7.25. The molecule has 1 aromatic rings. The molecule has 84 valence electrons. The van der Waals surface area contributed by atoms with E-state index in [1.807, 2.05) is 0 Å². The van der Waals surface area contributed by atoms with Gasteiger partial charge >= 0.3 is 0 Å². The fourth-order valence-electron chi connectivity index (χ4n) is 1.94. The van der Waals surface area contributed by atoms with E-state index < -0.39 is 0 Å². The van der Waals surface area contributed by atoms with Crippen LogP contribution in [0.15, 0.2) is 6.20 Å². The largest absolute Gasteiger partial charge is 0.392 e. The Morgan fingerprint density at radius 1 is 1.53 bits per heavy atom. The maximum atomic E-state index is 9.75. The lowest BCUT2D eigenvalue weighted by atomic mass is 9.93. The number of aliphatic hydroxyl groups is 1. The lowest BCUT2D eigenvalue weighted by Gasteiger charge is -2.28. The highest BCUT2D eigenvalue weighted by Crippen LogP contribution is 2.21. The van der Waals surface area contributed by atoms with Crippen LogP contribution in [0.4, 0.5) is 0 Å². The number of aromatic nitrogens is 1. The Kier molecular flexibility index (Phi) is 3.97. The summed E-state index contributed by atoms with van der Waals surface area (Å²) in [5.74, 6) is 0. The molecule has 0 aromatic carbocycles. The molecule has 0 bridgehead atoms. The fraction of sp³-hybridized carbons (Fsp3) is 0.700. The highest BCUT2D eigenvalue weighted by Gasteiger charge is 2.22. The van der Waals surface area contributed by atoms with Crippen LogP contribution in [0.3, 0.4) is 0 Å². The van der Waals surface area contributed by atoms with Crippen molar-refractivity contribution in [3.63, 3.8) is 0 Å². The Labute approximate surface area is 98.5 Å². The van der Waals surface area contributed by atoms with Crippen LogP contribution in [-0.4, -0.2) is 22.2 Å². The van der Waals surface area contributed by atoms with Gasteiger partial charge in [-0.1, -0.05) is 24.4 Å². The summed E-state index contributed by atoms with van der Waals surface area (Å²) in [5, 5.41) is 14.1. The molecule has 0 radical (unpaired) electrons. The van der Waals surface area contributed by atoms with E-state index in [1.165, 1.54) is 17.8 Å². The third-order valence-corrected chi connectivity index (χ3v) is 3.89. The second kappa shape index (κ2) is 5.25. The molecular formula is C10H15ClN2OS. The topological polar surface area (TPSA) is 45.1 Å². The lowest BCUT2D eigenvalue weighted by molar-refractivity contribution is 0.0902. The van der Waals surface area contributed by atoms with Crippen molar-refractivity contribution in [1.29, 1.82) is 0 Å². The van der Waals surface area contributed by atoms with Gasteiger partial charge in [-0.3, -0.25) is 0 Å². The third-order valence-electron chi connectivity index (χ3n) is 2.77. The molecule has 2 atom stereocenters. The first kappa shape index (κ1) is 11.3. The van der Waals surface area contributed by atoms with Gasteiger partial charge < -0.3 is 10.4 Å². The summed E-state index contributed by atoms with van der Waals surface area (Å²) >= 11 is 7.28. The van der Waals surface area contributed by atoms with Crippen molar-refractivity contribution >= 4 is 22.9 Å². The summed E-state index contributed by atoms with van der Waals surface area (Å²) in [6.07, 6.45) is 5.78. The van der Waals surface area contributed by atoms with Gasteiger partial charge in [-0.25, -0.2) is 4.98 Å². The summed E-state index contributed by atoms with van der Waals surface area (Å²) in [6, 6.07) is 0.224. The molecule has 1 aromatic heterocycles. The third kappa shape index (κ3) is 3.14. The molecule has 0 aliphatic heterocycles. The van der Waals surface area contributed by atoms with E-state index in [9.17, 15) is 5.11 Å². The molecule has 1 aliphatic carbocycles. The zero-order valence-electron chi connectivity index (χ0n) is 8.45. The average Bonchev–Trinajstić information content (AvgIpc) is 2.63. The van der Waals surface area contributed by atoms with Crippen LogP contribution in [0.5, 0.6) is 0 Å². The van der Waals surface area contributed by atoms with Gasteiger partial charge in [0.15, 0.2) is 0 Å². The summed E-state index contributed by atoms with van der Waals surface area (Å²) in [6.45, 7) is 0.707. The second-order valence-electron chi connectivity index (χ2n) is 3.90. The zero-order valence-corrected chi connectivity index (χ0v) is 10.0. The van der Waals surface area contributed by atoms with Crippen LogP contribution < -0.4 is 5.32 Å². The van der Waals surface area contributed by atoms with Gasteiger partial charge in [-0.05, 0) is 12.8 Å². The van der Waals surface area contributed by atoms with Crippen molar-refractivity contribution < 1.29 is 5.11 Å². The van der Waals surface area contributed by atoms with E-state index in [0.29, 0.717) is 6.54 Å². The number of nitrogens with zero attached hydrogens (tertiary/aromatic N) is 1. The highest BCUT2D eigenvalue weighted by atomic mass is 35.5. The van der Waals surface area contributed by atoms with Gasteiger partial charge in [-0.2, -0.15) is 0 Å². The summed E-state index contributed by atoms with van der Waals surface area (Å²) in [4.78, 5) is 4.17. The zero-order chi connectivity index (χ0) is 10.7. The Morgan fingerprint density at radius 2 is 2.33 bits per heavy atom. The minimum Gasteiger partial charge on any atom is -0.392 e. The van der Waals surface area contributed by atoms with E-state index >= 15 is 0 Å². The summed E-state index contributed by atoms with van der Waals surface area (Å²) in [5.41, 5.74) is 0. The van der Waals surface area contributed by atoms with Gasteiger partial charge in [0.2, 0.25) is 0 Å². The molecule has 0 saturated heterocycles. The molecule has 0 amide bonds. The molecule has 1 fully saturated rings. The molecule has 1 heterocycles. The molecule has 1 aliphatic rings. The fourth-order valence-corrected chi connectivity index (χ4v) is 2.84. The van der Waals surface area contributed by atoms with Crippen molar-refractivity contribution in [3.8, 4) is 0 Å². The number of hydrogen-bond donors (Lipinski definition) is 2. The Morgan fingerprint density at radius 3 is 3.00 bits per heavy atom. The number of hydrogen-bond acceptors (Lipinski definition) is 4. The van der Waals surface area contributed by atoms with Crippen LogP contribution in [-0.2, 0) is 6.54 Å². The van der Waals surface area contributed by atoms with Gasteiger partial charge in [-0.15, -0.1) is 11.3 Å². The van der Waals surface area contributed by atoms with Crippen LogP contribution in [0.2, 0.25) is 4.34 Å². The first-order valence-electron chi connectivity index (χ1n) is 5.27. The number of nitrogens with one attached hydrogen (secondary N) is 1. The first-order valence-corrected chi connectivity index (χ1v) is 6.47. The molecular weight excluding hydrogens is 232 g/mol. The van der Waals surface area contributed by atoms with Crippen molar-refractivity contribution in [1.82, 2.24) is 10.3 Å². The van der Waals surface area contributed by atoms with Gasteiger partial charge in [0.25, 0.3) is 0 Å². The minimum absolute atomic E-state index is 0.200. The van der Waals surface area contributed by atoms with Gasteiger partial charge in [0.05, 0.1) is 12.3 Å². The highest BCUT2D eigenvalue weighted by molar-refractivity contribution is 7.15. The Balaban J connectivity index is 1.81. The van der Waals surface area contributed by atoms with Crippen LogP contribution in [0.25, 0.3) is 0 Å². The van der Waals surface area contributed by atoms with E-state index in [2.05, 4.69) is 10.3 Å². The van der Waals surface area contributed by atoms with Crippen molar-refractivity contribution in [2.45, 2.75) is 44.4 Å². The number of halogens is 1. The smallest absolute Gasteiger partial charge is 0.113 e. The Hall–Kier alpha value is -0.160. The standard InChI is InChI=1S/C10H15ClN2OS/c11-9-5-13-10(15-9)6-12-7-3-1-2-4-8(7)14/h5,7-8,12,14H,1-4,6H2/t7-,8-/m0/s1. The maximum absolute atomic E-state index is 9.75. The average molecular weight is 247 g/mol. The molecule has 1 saturated carbocycles. The predicted molar refractivity (Wildman–Crippen MR) is 62.2 cm³/mol. The minimum atomic E-state index is -0.200. The number of aliphatic hydroxyl groups excluding tert-OH is 1. The molecule has 2 N–H and O–H groups in total. The normalized spacial score (nSPS) is 26.8. The van der Waals surface area contributed by atoms with Crippen molar-refractivity contribution in [3.05, 3.63) is 15.5 Å². The maximum Gasteiger partial charge on any atom is 0.113 e. The second-order valence-corrected chi connectivity index (χ2v) is 5.64. The van der Waals surface area contributed by atoms with Crippen LogP contribution >= 0.6 is 22.9 Å². The summed E-state index contributed by atoms with van der Waals surface area (Å²) < 4.78 is 0.719. The lowest BCUT2D eigenvalue weighted by Crippen LogP contribution is -2.41. The number of thiazole rings is 1. The van der Waals surface area contributed by atoms with E-state index in [0.717, 1.165) is 28.6 Å². The molecule has 3 nitrogen and oxygen atoms in total. The molecule has 0 spiro atoms. The monoisotopic (exact) mass is 246 g/mol. The predicted octanol–water partition coefficient (Wildman–Crippen LogP) is 2.19. The Bertz CT molecular complexity index is 318. The molecule has 15 heavy (non-hydrogen) atoms. The van der Waals surface area contributed by atoms with E-state index in [-0.39, 0.29) is 12.1 Å². The molecule has 0 unspecified atom stereocenters. The van der Waals surface area contributed by atoms with Crippen molar-refractivity contribution in [2.24, 2.45) is 0 Å². The molecule has 2 rings (SSSR count). The summed E-state index contributed by atoms with van der Waals surface area (Å²) in [7, 11) is 0. The quantitative estimate of drug-likeness (QED) is 0.860. The van der Waals surface area contributed by atoms with Gasteiger partial charge in [0.1, 0.15) is 9.34 Å². The SMILES string of the molecule is O[C@H]1CCCC[C@@H]1NCc1ncc(Cl)s1. The number of rotatable bonds is 3. The van der Waals surface area contributed by atoms with E-state index in [1.54, 1.807) is 6.20 Å². The van der Waals surface area contributed by atoms with Gasteiger partial charge in [0, 0.05) is 12.6 Å². The van der Waals surface area contributed by atoms with Crippen LogP contribution in [0.1, 0.15) is 30.7 Å². The van der Waals surface area contributed by atoms with Crippen molar-refractivity contribution in [2.75, 3.05) is 0 Å². The molecule has 5 heteroatoms. The van der Waals surface area contributed by atoms with E-state index in [4.69, 9.17) is 11.6 Å². The van der Waals surface area contributed by atoms with Crippen LogP contribution in [0, 0.1) is 0 Å².